The minimum absolute atomic E-state index is 1.09. The van der Waals surface area contributed by atoms with Crippen molar-refractivity contribution in [2.75, 3.05) is 0 Å². The van der Waals surface area contributed by atoms with Gasteiger partial charge < -0.3 is 0 Å². The summed E-state index contributed by atoms with van der Waals surface area (Å²) in [6.07, 6.45) is 0. The summed E-state index contributed by atoms with van der Waals surface area (Å²) in [5, 5.41) is 5.12. The molecule has 0 saturated carbocycles. The van der Waals surface area contributed by atoms with E-state index < -0.39 is 0 Å². The van der Waals surface area contributed by atoms with Crippen molar-refractivity contribution >= 4 is 53.4 Å². The fourth-order valence-electron chi connectivity index (χ4n) is 4.20. The van der Waals surface area contributed by atoms with Crippen LogP contribution in [0.2, 0.25) is 0 Å². The molecule has 0 N–H and O–H groups in total. The number of halogens is 2. The molecule has 0 saturated heterocycles. The highest BCUT2D eigenvalue weighted by molar-refractivity contribution is 9.10. The molecule has 0 aromatic heterocycles. The summed E-state index contributed by atoms with van der Waals surface area (Å²) >= 11 is 7.31. The second-order valence-corrected chi connectivity index (χ2v) is 9.20. The Kier molecular flexibility index (Phi) is 4.77. The topological polar surface area (TPSA) is 0 Å². The highest BCUT2D eigenvalue weighted by Crippen LogP contribution is 2.44. The quantitative estimate of drug-likeness (QED) is 0.211. The third-order valence-corrected chi connectivity index (χ3v) is 6.39. The van der Waals surface area contributed by atoms with Crippen molar-refractivity contribution in [3.05, 3.63) is 106 Å². The Balaban J connectivity index is 2.02. The molecule has 0 unspecified atom stereocenters. The molecule has 5 aromatic carbocycles. The van der Waals surface area contributed by atoms with E-state index in [0.717, 1.165) is 8.95 Å². The zero-order valence-electron chi connectivity index (χ0n) is 15.9. The molecule has 0 radical (unpaired) electrons. The molecule has 0 aliphatic rings. The number of aryl methyl sites for hydroxylation is 1. The van der Waals surface area contributed by atoms with E-state index in [4.69, 9.17) is 0 Å². The Morgan fingerprint density at radius 1 is 0.483 bits per heavy atom. The molecule has 0 spiro atoms. The highest BCUT2D eigenvalue weighted by Gasteiger charge is 2.16. The van der Waals surface area contributed by atoms with Gasteiger partial charge in [0.25, 0.3) is 0 Å². The summed E-state index contributed by atoms with van der Waals surface area (Å²) in [7, 11) is 0. The first-order valence-electron chi connectivity index (χ1n) is 9.59. The van der Waals surface area contributed by atoms with Gasteiger partial charge in [0.15, 0.2) is 0 Å². The van der Waals surface area contributed by atoms with Gasteiger partial charge in [-0.1, -0.05) is 104 Å². The molecule has 0 amide bonds. The summed E-state index contributed by atoms with van der Waals surface area (Å²) in [6, 6.07) is 32.8. The van der Waals surface area contributed by atoms with Gasteiger partial charge in [0.1, 0.15) is 0 Å². The van der Waals surface area contributed by atoms with Gasteiger partial charge in [-0.3, -0.25) is 0 Å². The molecule has 0 heterocycles. The molecule has 0 bridgehead atoms. The van der Waals surface area contributed by atoms with E-state index in [1.807, 2.05) is 0 Å². The van der Waals surface area contributed by atoms with Gasteiger partial charge in [-0.2, -0.15) is 0 Å². The Morgan fingerprint density at radius 3 is 1.55 bits per heavy atom. The van der Waals surface area contributed by atoms with Crippen molar-refractivity contribution in [1.29, 1.82) is 0 Å². The molecule has 0 aliphatic carbocycles. The smallest absolute Gasteiger partial charge is 0.0181 e. The summed E-state index contributed by atoms with van der Waals surface area (Å²) in [4.78, 5) is 0. The van der Waals surface area contributed by atoms with E-state index in [0.29, 0.717) is 0 Å². The second-order valence-electron chi connectivity index (χ2n) is 7.37. The molecule has 0 fully saturated rings. The maximum absolute atomic E-state index is 3.66. The summed E-state index contributed by atoms with van der Waals surface area (Å²) in [6.45, 7) is 2.16. The van der Waals surface area contributed by atoms with Crippen LogP contribution >= 0.6 is 31.9 Å². The number of fused-ring (bicyclic) bond motifs is 2. The van der Waals surface area contributed by atoms with E-state index in [1.54, 1.807) is 0 Å². The van der Waals surface area contributed by atoms with Gasteiger partial charge in [0.2, 0.25) is 0 Å². The average molecular weight is 502 g/mol. The first kappa shape index (κ1) is 18.6. The van der Waals surface area contributed by atoms with Crippen LogP contribution in [0.4, 0.5) is 0 Å². The van der Waals surface area contributed by atoms with Gasteiger partial charge in [-0.05, 0) is 75.0 Å². The molecule has 29 heavy (non-hydrogen) atoms. The number of benzene rings is 5. The molecule has 140 valence electrons. The lowest BCUT2D eigenvalue weighted by Crippen LogP contribution is -1.91. The van der Waals surface area contributed by atoms with Crippen molar-refractivity contribution in [1.82, 2.24) is 0 Å². The van der Waals surface area contributed by atoms with Crippen LogP contribution in [0.3, 0.4) is 0 Å². The van der Waals surface area contributed by atoms with E-state index in [9.17, 15) is 0 Å². The van der Waals surface area contributed by atoms with Gasteiger partial charge in [-0.25, -0.2) is 0 Å². The minimum Gasteiger partial charge on any atom is -0.0616 e. The number of rotatable bonds is 2. The molecule has 0 aliphatic heterocycles. The van der Waals surface area contributed by atoms with E-state index >= 15 is 0 Å². The van der Waals surface area contributed by atoms with Gasteiger partial charge in [0.05, 0.1) is 0 Å². The molecular formula is C27H18Br2. The van der Waals surface area contributed by atoms with Gasteiger partial charge in [-0.15, -0.1) is 0 Å². The van der Waals surface area contributed by atoms with Crippen molar-refractivity contribution in [2.24, 2.45) is 0 Å². The van der Waals surface area contributed by atoms with Crippen LogP contribution < -0.4 is 0 Å². The largest absolute Gasteiger partial charge is 0.0616 e. The maximum Gasteiger partial charge on any atom is 0.0181 e. The molecule has 0 atom stereocenters. The second kappa shape index (κ2) is 7.44. The zero-order chi connectivity index (χ0) is 20.0. The number of hydrogen-bond donors (Lipinski definition) is 0. The lowest BCUT2D eigenvalue weighted by atomic mass is 9.85. The Bertz CT molecular complexity index is 1380. The van der Waals surface area contributed by atoms with Crippen LogP contribution in [0.5, 0.6) is 0 Å². The van der Waals surface area contributed by atoms with Crippen LogP contribution in [0.15, 0.2) is 99.9 Å². The fourth-order valence-corrected chi connectivity index (χ4v) is 5.00. The summed E-state index contributed by atoms with van der Waals surface area (Å²) in [5.41, 5.74) is 6.30. The predicted molar refractivity (Wildman–Crippen MR) is 132 cm³/mol. The third-order valence-electron chi connectivity index (χ3n) is 5.41. The molecule has 0 nitrogen and oxygen atoms in total. The van der Waals surface area contributed by atoms with Gasteiger partial charge >= 0.3 is 0 Å². The van der Waals surface area contributed by atoms with Crippen molar-refractivity contribution < 1.29 is 0 Å². The molecule has 2 heteroatoms. The van der Waals surface area contributed by atoms with Crippen molar-refractivity contribution in [3.8, 4) is 22.3 Å². The lowest BCUT2D eigenvalue weighted by molar-refractivity contribution is 1.50. The van der Waals surface area contributed by atoms with Crippen molar-refractivity contribution in [2.45, 2.75) is 6.92 Å². The normalized spacial score (nSPS) is 11.3. The fraction of sp³-hybridized carbons (Fsp3) is 0.0370. The molecular weight excluding hydrogens is 484 g/mol. The van der Waals surface area contributed by atoms with Crippen LogP contribution in [-0.2, 0) is 0 Å². The monoisotopic (exact) mass is 500 g/mol. The first-order valence-corrected chi connectivity index (χ1v) is 11.2. The summed E-state index contributed by atoms with van der Waals surface area (Å²) < 4.78 is 2.19. The third kappa shape index (κ3) is 3.31. The summed E-state index contributed by atoms with van der Waals surface area (Å²) in [5.74, 6) is 0. The van der Waals surface area contributed by atoms with Crippen LogP contribution in [0.1, 0.15) is 5.56 Å². The standard InChI is InChI=1S/C27H18Br2/c1-17-12-13-24-25(14-17)27(19-7-5-9-21(29)16-19)23-11-3-2-10-22(23)26(24)18-6-4-8-20(28)15-18/h2-16H,1H3. The molecule has 5 aromatic rings. The lowest BCUT2D eigenvalue weighted by Gasteiger charge is -2.18. The SMILES string of the molecule is Cc1ccc2c(-c3cccc(Br)c3)c3ccccc3c(-c3cccc(Br)c3)c2c1. The van der Waals surface area contributed by atoms with E-state index in [1.165, 1.54) is 49.4 Å². The first-order chi connectivity index (χ1) is 14.1. The Hall–Kier alpha value is -2.42. The maximum atomic E-state index is 3.66. The number of hydrogen-bond acceptors (Lipinski definition) is 0. The van der Waals surface area contributed by atoms with E-state index in [2.05, 4.69) is 130 Å². The molecule has 5 rings (SSSR count). The van der Waals surface area contributed by atoms with Crippen molar-refractivity contribution in [3.63, 3.8) is 0 Å². The minimum atomic E-state index is 1.09. The zero-order valence-corrected chi connectivity index (χ0v) is 19.1. The van der Waals surface area contributed by atoms with Crippen LogP contribution in [0, 0.1) is 6.92 Å². The van der Waals surface area contributed by atoms with Crippen LogP contribution in [0.25, 0.3) is 43.8 Å². The van der Waals surface area contributed by atoms with Gasteiger partial charge in [0, 0.05) is 8.95 Å². The Morgan fingerprint density at radius 2 is 1.00 bits per heavy atom. The Labute approximate surface area is 187 Å². The average Bonchev–Trinajstić information content (AvgIpc) is 2.72. The van der Waals surface area contributed by atoms with E-state index in [-0.39, 0.29) is 0 Å². The highest BCUT2D eigenvalue weighted by atomic mass is 79.9. The van der Waals surface area contributed by atoms with Crippen LogP contribution in [-0.4, -0.2) is 0 Å². The predicted octanol–water partition coefficient (Wildman–Crippen LogP) is 9.16.